The largest absolute Gasteiger partial charge is 0.488 e. The Morgan fingerprint density at radius 2 is 1.77 bits per heavy atom. The molecule has 1 aromatic heterocycles. The Morgan fingerprint density at radius 1 is 0.955 bits per heavy atom. The van der Waals surface area contributed by atoms with Crippen molar-refractivity contribution in [3.63, 3.8) is 0 Å². The number of hydrogen-bond acceptors (Lipinski definition) is 2. The lowest BCUT2D eigenvalue weighted by Gasteiger charge is -2.10. The smallest absolute Gasteiger partial charge is 0.134 e. The fourth-order valence-corrected chi connectivity index (χ4v) is 2.74. The van der Waals surface area contributed by atoms with E-state index in [9.17, 15) is 0 Å². The van der Waals surface area contributed by atoms with Crippen molar-refractivity contribution < 1.29 is 4.74 Å². The molecule has 0 fully saturated rings. The van der Waals surface area contributed by atoms with Crippen LogP contribution >= 0.6 is 27.5 Å². The van der Waals surface area contributed by atoms with Crippen molar-refractivity contribution in [3.8, 4) is 17.0 Å². The van der Waals surface area contributed by atoms with Gasteiger partial charge >= 0.3 is 0 Å². The van der Waals surface area contributed by atoms with Gasteiger partial charge in [-0.2, -0.15) is 0 Å². The number of halogens is 2. The van der Waals surface area contributed by atoms with Gasteiger partial charge < -0.3 is 4.74 Å². The molecule has 2 aromatic carbocycles. The molecule has 0 spiro atoms. The summed E-state index contributed by atoms with van der Waals surface area (Å²) in [5.74, 6) is 0.801. The summed E-state index contributed by atoms with van der Waals surface area (Å²) >= 11 is 9.49. The maximum Gasteiger partial charge on any atom is 0.134 e. The van der Waals surface area contributed by atoms with Gasteiger partial charge in [0.1, 0.15) is 17.5 Å². The zero-order chi connectivity index (χ0) is 15.4. The first-order valence-electron chi connectivity index (χ1n) is 6.81. The minimum Gasteiger partial charge on any atom is -0.488 e. The van der Waals surface area contributed by atoms with Crippen LogP contribution in [0.5, 0.6) is 5.75 Å². The average Bonchev–Trinajstić information content (AvgIpc) is 2.54. The first kappa shape index (κ1) is 15.1. The summed E-state index contributed by atoms with van der Waals surface area (Å²) in [6.45, 7) is 0.536. The van der Waals surface area contributed by atoms with Crippen LogP contribution in [-0.2, 0) is 6.61 Å². The molecule has 1 heterocycles. The molecule has 0 saturated carbocycles. The highest BCUT2D eigenvalue weighted by Gasteiger charge is 2.06. The topological polar surface area (TPSA) is 22.1 Å². The summed E-state index contributed by atoms with van der Waals surface area (Å²) in [4.78, 5) is 4.31. The number of ether oxygens (including phenoxy) is 1. The Morgan fingerprint density at radius 3 is 2.50 bits per heavy atom. The van der Waals surface area contributed by atoms with Gasteiger partial charge in [-0.05, 0) is 51.8 Å². The summed E-state index contributed by atoms with van der Waals surface area (Å²) in [7, 11) is 0. The number of hydrogen-bond donors (Lipinski definition) is 0. The third-order valence-electron chi connectivity index (χ3n) is 3.18. The van der Waals surface area contributed by atoms with Crippen LogP contribution in [0, 0.1) is 0 Å². The van der Waals surface area contributed by atoms with E-state index in [2.05, 4.69) is 20.9 Å². The normalized spacial score (nSPS) is 10.5. The highest BCUT2D eigenvalue weighted by atomic mass is 79.9. The van der Waals surface area contributed by atoms with Crippen molar-refractivity contribution in [1.82, 2.24) is 4.98 Å². The van der Waals surface area contributed by atoms with Crippen molar-refractivity contribution in [2.24, 2.45) is 0 Å². The molecule has 0 bridgehead atoms. The standard InChI is InChI=1S/C18H13BrClNO/c19-15-11-14(16-7-4-8-18(20)21-16)9-10-17(15)22-12-13-5-2-1-3-6-13/h1-11H,12H2. The lowest BCUT2D eigenvalue weighted by Crippen LogP contribution is -1.96. The van der Waals surface area contributed by atoms with E-state index in [1.807, 2.05) is 60.7 Å². The van der Waals surface area contributed by atoms with Crippen molar-refractivity contribution >= 4 is 27.5 Å². The van der Waals surface area contributed by atoms with Gasteiger partial charge in [0.2, 0.25) is 0 Å². The summed E-state index contributed by atoms with van der Waals surface area (Å²) in [5, 5.41) is 0.484. The van der Waals surface area contributed by atoms with Crippen molar-refractivity contribution in [3.05, 3.63) is 81.9 Å². The van der Waals surface area contributed by atoms with Crippen LogP contribution < -0.4 is 4.74 Å². The van der Waals surface area contributed by atoms with E-state index >= 15 is 0 Å². The van der Waals surface area contributed by atoms with Gasteiger partial charge in [0, 0.05) is 5.56 Å². The highest BCUT2D eigenvalue weighted by molar-refractivity contribution is 9.10. The number of aromatic nitrogens is 1. The van der Waals surface area contributed by atoms with Crippen LogP contribution in [0.1, 0.15) is 5.56 Å². The van der Waals surface area contributed by atoms with Crippen LogP contribution in [-0.4, -0.2) is 4.98 Å². The van der Waals surface area contributed by atoms with E-state index < -0.39 is 0 Å². The van der Waals surface area contributed by atoms with Crippen LogP contribution in [0.2, 0.25) is 5.15 Å². The zero-order valence-electron chi connectivity index (χ0n) is 11.7. The second kappa shape index (κ2) is 6.95. The van der Waals surface area contributed by atoms with Crippen LogP contribution in [0.3, 0.4) is 0 Å². The Kier molecular flexibility index (Phi) is 4.76. The summed E-state index contributed by atoms with van der Waals surface area (Å²) < 4.78 is 6.74. The van der Waals surface area contributed by atoms with E-state index in [1.165, 1.54) is 0 Å². The number of rotatable bonds is 4. The van der Waals surface area contributed by atoms with Crippen molar-refractivity contribution in [2.45, 2.75) is 6.61 Å². The molecule has 0 radical (unpaired) electrons. The Labute approximate surface area is 142 Å². The quantitative estimate of drug-likeness (QED) is 0.543. The van der Waals surface area contributed by atoms with E-state index in [0.717, 1.165) is 27.0 Å². The second-order valence-electron chi connectivity index (χ2n) is 4.77. The molecule has 4 heteroatoms. The molecular formula is C18H13BrClNO. The summed E-state index contributed by atoms with van der Waals surface area (Å²) in [6, 6.07) is 21.5. The SMILES string of the molecule is Clc1cccc(-c2ccc(OCc3ccccc3)c(Br)c2)n1. The molecule has 0 N–H and O–H groups in total. The van der Waals surface area contributed by atoms with Crippen molar-refractivity contribution in [1.29, 1.82) is 0 Å². The number of pyridine rings is 1. The molecule has 2 nitrogen and oxygen atoms in total. The van der Waals surface area contributed by atoms with E-state index in [-0.39, 0.29) is 0 Å². The van der Waals surface area contributed by atoms with Gasteiger partial charge in [-0.1, -0.05) is 48.0 Å². The highest BCUT2D eigenvalue weighted by Crippen LogP contribution is 2.31. The Hall–Kier alpha value is -1.84. The van der Waals surface area contributed by atoms with Gasteiger partial charge in [0.05, 0.1) is 10.2 Å². The summed E-state index contributed by atoms with van der Waals surface area (Å²) in [5.41, 5.74) is 2.96. The molecule has 0 saturated heterocycles. The average molecular weight is 375 g/mol. The number of benzene rings is 2. The minimum absolute atomic E-state index is 0.484. The molecular weight excluding hydrogens is 362 g/mol. The van der Waals surface area contributed by atoms with Crippen molar-refractivity contribution in [2.75, 3.05) is 0 Å². The predicted octanol–water partition coefficient (Wildman–Crippen LogP) is 5.74. The molecule has 0 unspecified atom stereocenters. The molecule has 3 rings (SSSR count). The second-order valence-corrected chi connectivity index (χ2v) is 6.01. The lowest BCUT2D eigenvalue weighted by molar-refractivity contribution is 0.304. The monoisotopic (exact) mass is 373 g/mol. The number of nitrogens with zero attached hydrogens (tertiary/aromatic N) is 1. The van der Waals surface area contributed by atoms with E-state index in [4.69, 9.17) is 16.3 Å². The van der Waals surface area contributed by atoms with E-state index in [1.54, 1.807) is 6.07 Å². The molecule has 0 aliphatic carbocycles. The third-order valence-corrected chi connectivity index (χ3v) is 4.01. The molecule has 0 atom stereocenters. The van der Waals surface area contributed by atoms with Gasteiger partial charge in [0.25, 0.3) is 0 Å². The van der Waals surface area contributed by atoms with Crippen LogP contribution in [0.15, 0.2) is 71.2 Å². The first-order chi connectivity index (χ1) is 10.7. The van der Waals surface area contributed by atoms with Crippen LogP contribution in [0.25, 0.3) is 11.3 Å². The predicted molar refractivity (Wildman–Crippen MR) is 93.2 cm³/mol. The van der Waals surface area contributed by atoms with Gasteiger partial charge in [-0.15, -0.1) is 0 Å². The molecule has 22 heavy (non-hydrogen) atoms. The Bertz CT molecular complexity index is 777. The maximum absolute atomic E-state index is 5.94. The van der Waals surface area contributed by atoms with Gasteiger partial charge in [0.15, 0.2) is 0 Å². The first-order valence-corrected chi connectivity index (χ1v) is 7.99. The molecule has 110 valence electrons. The molecule has 0 amide bonds. The summed E-state index contributed by atoms with van der Waals surface area (Å²) in [6.07, 6.45) is 0. The minimum atomic E-state index is 0.484. The third kappa shape index (κ3) is 3.67. The van der Waals surface area contributed by atoms with Crippen LogP contribution in [0.4, 0.5) is 0 Å². The van der Waals surface area contributed by atoms with Gasteiger partial charge in [-0.3, -0.25) is 0 Å². The fraction of sp³-hybridized carbons (Fsp3) is 0.0556. The zero-order valence-corrected chi connectivity index (χ0v) is 14.0. The fourth-order valence-electron chi connectivity index (χ4n) is 2.08. The molecule has 0 aliphatic rings. The lowest BCUT2D eigenvalue weighted by atomic mass is 10.1. The molecule has 3 aromatic rings. The van der Waals surface area contributed by atoms with E-state index in [0.29, 0.717) is 11.8 Å². The Balaban J connectivity index is 1.78. The molecule has 0 aliphatic heterocycles. The van der Waals surface area contributed by atoms with Gasteiger partial charge in [-0.25, -0.2) is 4.98 Å². The maximum atomic E-state index is 5.94.